The Kier molecular flexibility index (Phi) is 1.81. The quantitative estimate of drug-likeness (QED) is 0.572. The van der Waals surface area contributed by atoms with Crippen LogP contribution >= 0.6 is 0 Å². The number of likely N-dealkylation sites (N-methyl/N-ethyl adjacent to an activating group) is 1. The van der Waals surface area contributed by atoms with E-state index in [-0.39, 0.29) is 11.9 Å². The van der Waals surface area contributed by atoms with E-state index in [4.69, 9.17) is 5.73 Å². The molecule has 1 unspecified atom stereocenters. The standard InChI is InChI=1S/C8H12N4O/c1-12-7-4-10-11-6(7)3-2-5(9)8(12)13/h4-5H,2-3,9H2,1H3,(H,10,11). The van der Waals surface area contributed by atoms with Crippen LogP contribution in [-0.4, -0.2) is 29.2 Å². The molecule has 0 bridgehead atoms. The average molecular weight is 180 g/mol. The van der Waals surface area contributed by atoms with E-state index in [1.54, 1.807) is 18.1 Å². The fourth-order valence-electron chi connectivity index (χ4n) is 1.57. The molecule has 5 nitrogen and oxygen atoms in total. The Morgan fingerprint density at radius 3 is 3.31 bits per heavy atom. The van der Waals surface area contributed by atoms with Gasteiger partial charge in [0.1, 0.15) is 0 Å². The van der Waals surface area contributed by atoms with E-state index >= 15 is 0 Å². The van der Waals surface area contributed by atoms with Crippen LogP contribution in [0.25, 0.3) is 0 Å². The number of hydrogen-bond acceptors (Lipinski definition) is 3. The fraction of sp³-hybridized carbons (Fsp3) is 0.500. The van der Waals surface area contributed by atoms with Gasteiger partial charge in [-0.15, -0.1) is 0 Å². The Bertz CT molecular complexity index is 333. The minimum atomic E-state index is -0.384. The molecule has 0 aliphatic carbocycles. The van der Waals surface area contributed by atoms with Gasteiger partial charge in [0.25, 0.3) is 0 Å². The van der Waals surface area contributed by atoms with Crippen LogP contribution in [0.5, 0.6) is 0 Å². The molecular weight excluding hydrogens is 168 g/mol. The lowest BCUT2D eigenvalue weighted by Gasteiger charge is -2.16. The summed E-state index contributed by atoms with van der Waals surface area (Å²) >= 11 is 0. The zero-order valence-electron chi connectivity index (χ0n) is 7.45. The number of nitrogens with one attached hydrogen (secondary N) is 1. The summed E-state index contributed by atoms with van der Waals surface area (Å²) in [5, 5.41) is 6.77. The molecule has 1 aliphatic heterocycles. The van der Waals surface area contributed by atoms with Crippen LogP contribution in [0.1, 0.15) is 12.1 Å². The highest BCUT2D eigenvalue weighted by Crippen LogP contribution is 2.22. The second kappa shape index (κ2) is 2.85. The van der Waals surface area contributed by atoms with E-state index in [1.807, 2.05) is 0 Å². The molecular formula is C8H12N4O. The molecule has 0 aromatic carbocycles. The molecule has 0 spiro atoms. The smallest absolute Gasteiger partial charge is 0.243 e. The number of amides is 1. The molecule has 0 fully saturated rings. The molecule has 3 N–H and O–H groups in total. The lowest BCUT2D eigenvalue weighted by Crippen LogP contribution is -2.40. The molecule has 1 aromatic rings. The number of nitrogens with zero attached hydrogens (tertiary/aromatic N) is 2. The van der Waals surface area contributed by atoms with Crippen molar-refractivity contribution in [3.05, 3.63) is 11.9 Å². The molecule has 1 atom stereocenters. The van der Waals surface area contributed by atoms with Crippen molar-refractivity contribution in [2.45, 2.75) is 18.9 Å². The van der Waals surface area contributed by atoms with Crippen LogP contribution in [0, 0.1) is 0 Å². The van der Waals surface area contributed by atoms with Gasteiger partial charge in [-0.05, 0) is 12.8 Å². The van der Waals surface area contributed by atoms with Gasteiger partial charge in [-0.25, -0.2) is 0 Å². The third-order valence-electron chi connectivity index (χ3n) is 2.41. The number of carbonyl (C=O) groups is 1. The second-order valence-corrected chi connectivity index (χ2v) is 3.28. The number of aromatic nitrogens is 2. The van der Waals surface area contributed by atoms with Crippen molar-refractivity contribution >= 4 is 11.6 Å². The van der Waals surface area contributed by atoms with E-state index in [2.05, 4.69) is 10.2 Å². The number of carbonyl (C=O) groups excluding carboxylic acids is 1. The topological polar surface area (TPSA) is 75.0 Å². The molecule has 0 radical (unpaired) electrons. The van der Waals surface area contributed by atoms with Crippen LogP contribution in [0.4, 0.5) is 5.69 Å². The van der Waals surface area contributed by atoms with Gasteiger partial charge in [0, 0.05) is 7.05 Å². The maximum absolute atomic E-state index is 11.6. The zero-order valence-corrected chi connectivity index (χ0v) is 7.45. The van der Waals surface area contributed by atoms with Crippen molar-refractivity contribution in [2.24, 2.45) is 5.73 Å². The molecule has 13 heavy (non-hydrogen) atoms. The highest BCUT2D eigenvalue weighted by Gasteiger charge is 2.25. The summed E-state index contributed by atoms with van der Waals surface area (Å²) < 4.78 is 0. The van der Waals surface area contributed by atoms with Crippen molar-refractivity contribution in [1.29, 1.82) is 0 Å². The number of fused-ring (bicyclic) bond motifs is 1. The summed E-state index contributed by atoms with van der Waals surface area (Å²) in [7, 11) is 1.72. The monoisotopic (exact) mass is 180 g/mol. The molecule has 2 rings (SSSR count). The first-order valence-electron chi connectivity index (χ1n) is 4.25. The third kappa shape index (κ3) is 1.21. The first-order chi connectivity index (χ1) is 6.20. The minimum Gasteiger partial charge on any atom is -0.320 e. The Balaban J connectivity index is 2.40. The van der Waals surface area contributed by atoms with Crippen LogP contribution in [0.3, 0.4) is 0 Å². The molecule has 1 aromatic heterocycles. The van der Waals surface area contributed by atoms with Crippen LogP contribution in [-0.2, 0) is 11.2 Å². The van der Waals surface area contributed by atoms with Crippen LogP contribution in [0.15, 0.2) is 6.20 Å². The number of anilines is 1. The van der Waals surface area contributed by atoms with Gasteiger partial charge in [-0.3, -0.25) is 9.89 Å². The van der Waals surface area contributed by atoms with Gasteiger partial charge in [0.2, 0.25) is 5.91 Å². The van der Waals surface area contributed by atoms with E-state index in [9.17, 15) is 4.79 Å². The number of aryl methyl sites for hydroxylation is 1. The van der Waals surface area contributed by atoms with E-state index < -0.39 is 0 Å². The summed E-state index contributed by atoms with van der Waals surface area (Å²) in [5.41, 5.74) is 7.52. The van der Waals surface area contributed by atoms with Gasteiger partial charge >= 0.3 is 0 Å². The van der Waals surface area contributed by atoms with Crippen molar-refractivity contribution in [3.63, 3.8) is 0 Å². The van der Waals surface area contributed by atoms with Crippen molar-refractivity contribution in [2.75, 3.05) is 11.9 Å². The number of hydrogen-bond donors (Lipinski definition) is 2. The predicted molar refractivity (Wildman–Crippen MR) is 48.3 cm³/mol. The summed E-state index contributed by atoms with van der Waals surface area (Å²) in [5.74, 6) is -0.0415. The lowest BCUT2D eigenvalue weighted by atomic mass is 10.1. The van der Waals surface area contributed by atoms with E-state index in [0.717, 1.165) is 17.8 Å². The molecule has 1 aliphatic rings. The van der Waals surface area contributed by atoms with Crippen LogP contribution in [0.2, 0.25) is 0 Å². The van der Waals surface area contributed by atoms with Gasteiger partial charge in [-0.2, -0.15) is 5.10 Å². The second-order valence-electron chi connectivity index (χ2n) is 3.28. The third-order valence-corrected chi connectivity index (χ3v) is 2.41. The summed E-state index contributed by atoms with van der Waals surface area (Å²) in [6.45, 7) is 0. The number of nitrogens with two attached hydrogens (primary N) is 1. The highest BCUT2D eigenvalue weighted by atomic mass is 16.2. The van der Waals surface area contributed by atoms with Crippen molar-refractivity contribution in [3.8, 4) is 0 Å². The Morgan fingerprint density at radius 2 is 2.54 bits per heavy atom. The molecule has 1 amide bonds. The first kappa shape index (κ1) is 8.25. The Labute approximate surface area is 75.9 Å². The van der Waals surface area contributed by atoms with Gasteiger partial charge < -0.3 is 10.6 Å². The maximum atomic E-state index is 11.6. The van der Waals surface area contributed by atoms with E-state index in [0.29, 0.717) is 6.42 Å². The molecule has 0 saturated heterocycles. The van der Waals surface area contributed by atoms with E-state index in [1.165, 1.54) is 0 Å². The summed E-state index contributed by atoms with van der Waals surface area (Å²) in [4.78, 5) is 13.1. The number of aromatic amines is 1. The normalized spacial score (nSPS) is 22.8. The largest absolute Gasteiger partial charge is 0.320 e. The molecule has 5 heteroatoms. The summed E-state index contributed by atoms with van der Waals surface area (Å²) in [6.07, 6.45) is 3.12. The highest BCUT2D eigenvalue weighted by molar-refractivity contribution is 5.97. The fourth-order valence-corrected chi connectivity index (χ4v) is 1.57. The van der Waals surface area contributed by atoms with Crippen molar-refractivity contribution in [1.82, 2.24) is 10.2 Å². The molecule has 2 heterocycles. The number of rotatable bonds is 0. The Hall–Kier alpha value is -1.36. The van der Waals surface area contributed by atoms with Gasteiger partial charge in [-0.1, -0.05) is 0 Å². The van der Waals surface area contributed by atoms with Gasteiger partial charge in [0.15, 0.2) is 0 Å². The first-order valence-corrected chi connectivity index (χ1v) is 4.25. The molecule has 0 saturated carbocycles. The SMILES string of the molecule is CN1C(=O)C(N)CCc2[nH]ncc21. The minimum absolute atomic E-state index is 0.0415. The van der Waals surface area contributed by atoms with Gasteiger partial charge in [0.05, 0.1) is 23.6 Å². The maximum Gasteiger partial charge on any atom is 0.243 e. The predicted octanol–water partition coefficient (Wildman–Crippen LogP) is -0.354. The Morgan fingerprint density at radius 1 is 1.77 bits per heavy atom. The molecule has 70 valence electrons. The van der Waals surface area contributed by atoms with Crippen LogP contribution < -0.4 is 10.6 Å². The lowest BCUT2D eigenvalue weighted by molar-refractivity contribution is -0.119. The summed E-state index contributed by atoms with van der Waals surface area (Å²) in [6, 6.07) is -0.384. The average Bonchev–Trinajstić information content (AvgIpc) is 2.56. The zero-order chi connectivity index (χ0) is 9.42. The van der Waals surface area contributed by atoms with Crippen molar-refractivity contribution < 1.29 is 4.79 Å². The number of H-pyrrole nitrogens is 1.